The van der Waals surface area contributed by atoms with Gasteiger partial charge in [-0.3, -0.25) is 0 Å². The van der Waals surface area contributed by atoms with Crippen LogP contribution in [0.1, 0.15) is 18.1 Å². The lowest BCUT2D eigenvalue weighted by Crippen LogP contribution is -2.28. The van der Waals surface area contributed by atoms with Gasteiger partial charge in [-0.15, -0.1) is 0 Å². The van der Waals surface area contributed by atoms with Gasteiger partial charge in [-0.1, -0.05) is 6.07 Å². The molecule has 1 aromatic rings. The van der Waals surface area contributed by atoms with Crippen molar-refractivity contribution in [3.05, 3.63) is 29.3 Å². The van der Waals surface area contributed by atoms with Crippen LogP contribution in [0.2, 0.25) is 0 Å². The highest BCUT2D eigenvalue weighted by Gasteiger charge is 2.36. The van der Waals surface area contributed by atoms with Crippen molar-refractivity contribution in [3.63, 3.8) is 0 Å². The van der Waals surface area contributed by atoms with Gasteiger partial charge in [-0.25, -0.2) is 0 Å². The normalized spacial score (nSPS) is 13.4. The maximum atomic E-state index is 12.3. The zero-order valence-electron chi connectivity index (χ0n) is 10.1. The minimum atomic E-state index is -4.39. The summed E-state index contributed by atoms with van der Waals surface area (Å²) < 4.78 is 46.6. The highest BCUT2D eigenvalue weighted by molar-refractivity contribution is 5.36. The molecular weight excluding hydrogens is 249 g/mol. The number of benzene rings is 1. The van der Waals surface area contributed by atoms with Gasteiger partial charge in [-0.2, -0.15) is 13.2 Å². The molecule has 1 atom stereocenters. The molecule has 3 nitrogen and oxygen atoms in total. The molecule has 6 heteroatoms. The first-order valence-corrected chi connectivity index (χ1v) is 5.33. The Morgan fingerprint density at radius 3 is 2.50 bits per heavy atom. The van der Waals surface area contributed by atoms with Crippen molar-refractivity contribution in [2.75, 3.05) is 7.11 Å². The number of hydrogen-bond acceptors (Lipinski definition) is 3. The molecule has 0 saturated carbocycles. The molecule has 0 heterocycles. The van der Waals surface area contributed by atoms with Crippen LogP contribution in [0.25, 0.3) is 0 Å². The summed E-state index contributed by atoms with van der Waals surface area (Å²) in [5.74, 6) is 0.432. The summed E-state index contributed by atoms with van der Waals surface area (Å²) in [7, 11) is 1.42. The lowest BCUT2D eigenvalue weighted by atomic mass is 10.1. The number of hydrogen-bond donors (Lipinski definition) is 1. The van der Waals surface area contributed by atoms with Gasteiger partial charge in [0.25, 0.3) is 0 Å². The van der Waals surface area contributed by atoms with Crippen LogP contribution in [0, 0.1) is 0 Å². The molecule has 0 amide bonds. The van der Waals surface area contributed by atoms with Gasteiger partial charge in [0.05, 0.1) is 20.3 Å². The van der Waals surface area contributed by atoms with E-state index in [1.165, 1.54) is 7.11 Å². The van der Waals surface area contributed by atoms with E-state index in [1.54, 1.807) is 18.2 Å². The maximum absolute atomic E-state index is 12.3. The molecule has 0 aliphatic carbocycles. The van der Waals surface area contributed by atoms with Gasteiger partial charge in [0.1, 0.15) is 5.75 Å². The summed E-state index contributed by atoms with van der Waals surface area (Å²) in [5.41, 5.74) is 1.06. The molecule has 1 aromatic carbocycles. The second kappa shape index (κ2) is 6.06. The van der Waals surface area contributed by atoms with E-state index in [0.29, 0.717) is 16.9 Å². The van der Waals surface area contributed by atoms with Crippen LogP contribution in [0.5, 0.6) is 5.75 Å². The number of aliphatic hydroxyl groups excluding tert-OH is 1. The first-order chi connectivity index (χ1) is 8.38. The van der Waals surface area contributed by atoms with E-state index in [1.807, 2.05) is 0 Å². The Balaban J connectivity index is 2.77. The summed E-state index contributed by atoms with van der Waals surface area (Å²) in [4.78, 5) is 0. The quantitative estimate of drug-likeness (QED) is 0.888. The lowest BCUT2D eigenvalue weighted by molar-refractivity contribution is -0.217. The Bertz CT molecular complexity index is 391. The topological polar surface area (TPSA) is 38.7 Å². The average molecular weight is 264 g/mol. The SMILES string of the molecule is COc1ccc(CO)cc1COC(C)C(F)(F)F. The van der Waals surface area contributed by atoms with Gasteiger partial charge in [0.15, 0.2) is 6.10 Å². The molecular formula is C12H15F3O3. The molecule has 0 aliphatic rings. The summed E-state index contributed by atoms with van der Waals surface area (Å²) in [6, 6.07) is 4.78. The fourth-order valence-corrected chi connectivity index (χ4v) is 1.35. The van der Waals surface area contributed by atoms with Gasteiger partial charge in [0.2, 0.25) is 0 Å². The van der Waals surface area contributed by atoms with Crippen LogP contribution in [-0.2, 0) is 18.0 Å². The molecule has 1 rings (SSSR count). The summed E-state index contributed by atoms with van der Waals surface area (Å²) >= 11 is 0. The van der Waals surface area contributed by atoms with Crippen molar-refractivity contribution in [1.82, 2.24) is 0 Å². The van der Waals surface area contributed by atoms with Crippen molar-refractivity contribution >= 4 is 0 Å². The van der Waals surface area contributed by atoms with E-state index >= 15 is 0 Å². The van der Waals surface area contributed by atoms with Gasteiger partial charge >= 0.3 is 6.18 Å². The van der Waals surface area contributed by atoms with Gasteiger partial charge in [-0.05, 0) is 24.6 Å². The Labute approximate surface area is 103 Å². The molecule has 0 aromatic heterocycles. The van der Waals surface area contributed by atoms with Crippen LogP contribution in [0.3, 0.4) is 0 Å². The number of aliphatic hydroxyl groups is 1. The first-order valence-electron chi connectivity index (χ1n) is 5.33. The zero-order chi connectivity index (χ0) is 13.8. The van der Waals surface area contributed by atoms with Crippen LogP contribution in [0.15, 0.2) is 18.2 Å². The molecule has 0 saturated heterocycles. The smallest absolute Gasteiger partial charge is 0.414 e. The summed E-state index contributed by atoms with van der Waals surface area (Å²) in [6.45, 7) is 0.534. The van der Waals surface area contributed by atoms with E-state index in [2.05, 4.69) is 0 Å². The second-order valence-electron chi connectivity index (χ2n) is 3.80. The minimum Gasteiger partial charge on any atom is -0.496 e. The van der Waals surface area contributed by atoms with Crippen LogP contribution >= 0.6 is 0 Å². The molecule has 0 aliphatic heterocycles. The number of rotatable bonds is 5. The monoisotopic (exact) mass is 264 g/mol. The van der Waals surface area contributed by atoms with Crippen LogP contribution in [0.4, 0.5) is 13.2 Å². The standard InChI is InChI=1S/C12H15F3O3/c1-8(12(13,14)15)18-7-10-5-9(6-16)3-4-11(10)17-2/h3-5,8,16H,6-7H2,1-2H3. The number of alkyl halides is 3. The van der Waals surface area contributed by atoms with E-state index in [9.17, 15) is 13.2 Å². The van der Waals surface area contributed by atoms with Crippen molar-refractivity contribution < 1.29 is 27.8 Å². The van der Waals surface area contributed by atoms with Crippen molar-refractivity contribution in [1.29, 1.82) is 0 Å². The largest absolute Gasteiger partial charge is 0.496 e. The number of methoxy groups -OCH3 is 1. The fraction of sp³-hybridized carbons (Fsp3) is 0.500. The first kappa shape index (κ1) is 14.8. The highest BCUT2D eigenvalue weighted by atomic mass is 19.4. The average Bonchev–Trinajstić information content (AvgIpc) is 2.34. The number of ether oxygens (including phenoxy) is 2. The van der Waals surface area contributed by atoms with E-state index in [0.717, 1.165) is 6.92 Å². The third-order valence-electron chi connectivity index (χ3n) is 2.48. The highest BCUT2D eigenvalue weighted by Crippen LogP contribution is 2.26. The fourth-order valence-electron chi connectivity index (χ4n) is 1.35. The predicted molar refractivity (Wildman–Crippen MR) is 59.2 cm³/mol. The molecule has 0 fully saturated rings. The lowest BCUT2D eigenvalue weighted by Gasteiger charge is -2.17. The Hall–Kier alpha value is -1.27. The Kier molecular flexibility index (Phi) is 4.98. The third-order valence-corrected chi connectivity index (χ3v) is 2.48. The van der Waals surface area contributed by atoms with Crippen molar-refractivity contribution in [3.8, 4) is 5.75 Å². The van der Waals surface area contributed by atoms with Gasteiger partial charge < -0.3 is 14.6 Å². The predicted octanol–water partition coefficient (Wildman–Crippen LogP) is 2.65. The molecule has 102 valence electrons. The van der Waals surface area contributed by atoms with E-state index in [-0.39, 0.29) is 13.2 Å². The molecule has 18 heavy (non-hydrogen) atoms. The molecule has 0 bridgehead atoms. The summed E-state index contributed by atoms with van der Waals surface area (Å²) in [6.07, 6.45) is -6.23. The van der Waals surface area contributed by atoms with Crippen LogP contribution < -0.4 is 4.74 Å². The number of halogens is 3. The van der Waals surface area contributed by atoms with E-state index < -0.39 is 12.3 Å². The van der Waals surface area contributed by atoms with E-state index in [4.69, 9.17) is 14.6 Å². The van der Waals surface area contributed by atoms with Crippen LogP contribution in [-0.4, -0.2) is 24.5 Å². The van der Waals surface area contributed by atoms with Gasteiger partial charge in [0, 0.05) is 5.56 Å². The van der Waals surface area contributed by atoms with Crippen molar-refractivity contribution in [2.24, 2.45) is 0 Å². The molecule has 0 spiro atoms. The molecule has 0 radical (unpaired) electrons. The Morgan fingerprint density at radius 2 is 2.00 bits per heavy atom. The minimum absolute atomic E-state index is 0.189. The molecule has 1 unspecified atom stereocenters. The third kappa shape index (κ3) is 3.89. The maximum Gasteiger partial charge on any atom is 0.414 e. The molecule has 1 N–H and O–H groups in total. The zero-order valence-corrected chi connectivity index (χ0v) is 10.1. The van der Waals surface area contributed by atoms with Crippen molar-refractivity contribution in [2.45, 2.75) is 32.4 Å². The Morgan fingerprint density at radius 1 is 1.33 bits per heavy atom. The summed E-state index contributed by atoms with van der Waals surface area (Å²) in [5, 5.41) is 8.97. The second-order valence-corrected chi connectivity index (χ2v) is 3.80.